The summed E-state index contributed by atoms with van der Waals surface area (Å²) in [5.41, 5.74) is 0. The zero-order valence-corrected chi connectivity index (χ0v) is 17.7. The minimum absolute atomic E-state index is 0.0487. The lowest BCUT2D eigenvalue weighted by Gasteiger charge is -2.12. The van der Waals surface area contributed by atoms with Gasteiger partial charge in [-0.3, -0.25) is 9.59 Å². The van der Waals surface area contributed by atoms with Crippen LogP contribution in [0.1, 0.15) is 111 Å². The molecule has 0 rings (SSSR count). The topological polar surface area (TPSA) is 52.6 Å². The molecule has 0 spiro atoms. The Hall–Kier alpha value is -1.06. The molecule has 1 unspecified atom stereocenters. The number of esters is 2. The molecule has 4 heteroatoms. The molecule has 1 atom stereocenters. The molecule has 0 aliphatic carbocycles. The number of hydrogen-bond acceptors (Lipinski definition) is 4. The summed E-state index contributed by atoms with van der Waals surface area (Å²) in [7, 11) is 0. The Bertz CT molecular complexity index is 352. The molecular formula is C22H42O4. The highest BCUT2D eigenvalue weighted by atomic mass is 16.5. The van der Waals surface area contributed by atoms with E-state index in [0.717, 1.165) is 70.6 Å². The van der Waals surface area contributed by atoms with Crippen LogP contribution in [-0.2, 0) is 19.1 Å². The Balaban J connectivity index is 3.37. The predicted octanol–water partition coefficient (Wildman–Crippen LogP) is 6.21. The standard InChI is InChI=1S/C22H42O4/c1-5-6-15-20(4)26-22(24)17-12-10-8-7-9-11-16-21(23)25-18-13-14-19(2)3/h19-20H,5-18H2,1-4H3. The fraction of sp³-hybridized carbons (Fsp3) is 0.909. The summed E-state index contributed by atoms with van der Waals surface area (Å²) in [4.78, 5) is 23.3. The van der Waals surface area contributed by atoms with Gasteiger partial charge in [0.2, 0.25) is 0 Å². The van der Waals surface area contributed by atoms with Gasteiger partial charge in [-0.15, -0.1) is 0 Å². The summed E-state index contributed by atoms with van der Waals surface area (Å²) in [5, 5.41) is 0. The van der Waals surface area contributed by atoms with E-state index < -0.39 is 0 Å². The molecule has 0 radical (unpaired) electrons. The summed E-state index contributed by atoms with van der Waals surface area (Å²) in [5.74, 6) is 0.544. The van der Waals surface area contributed by atoms with Crippen LogP contribution >= 0.6 is 0 Å². The van der Waals surface area contributed by atoms with Gasteiger partial charge in [0, 0.05) is 12.8 Å². The minimum atomic E-state index is -0.0614. The number of carbonyl (C=O) groups is 2. The summed E-state index contributed by atoms with van der Waals surface area (Å²) in [6.07, 6.45) is 12.5. The van der Waals surface area contributed by atoms with Gasteiger partial charge in [0.25, 0.3) is 0 Å². The van der Waals surface area contributed by atoms with Crippen molar-refractivity contribution in [3.8, 4) is 0 Å². The van der Waals surface area contributed by atoms with Crippen LogP contribution in [0.5, 0.6) is 0 Å². The molecule has 154 valence electrons. The molecule has 26 heavy (non-hydrogen) atoms. The minimum Gasteiger partial charge on any atom is -0.466 e. The van der Waals surface area contributed by atoms with E-state index in [9.17, 15) is 9.59 Å². The Morgan fingerprint density at radius 2 is 1.31 bits per heavy atom. The number of hydrogen-bond donors (Lipinski definition) is 0. The van der Waals surface area contributed by atoms with Gasteiger partial charge in [-0.25, -0.2) is 0 Å². The molecule has 0 aliphatic heterocycles. The summed E-state index contributed by atoms with van der Waals surface area (Å²) >= 11 is 0. The highest BCUT2D eigenvalue weighted by Gasteiger charge is 2.08. The molecule has 0 fully saturated rings. The van der Waals surface area contributed by atoms with Crippen molar-refractivity contribution in [2.45, 2.75) is 117 Å². The van der Waals surface area contributed by atoms with Crippen molar-refractivity contribution in [2.24, 2.45) is 5.92 Å². The molecule has 0 aromatic carbocycles. The van der Waals surface area contributed by atoms with Gasteiger partial charge < -0.3 is 9.47 Å². The Morgan fingerprint density at radius 3 is 1.88 bits per heavy atom. The van der Waals surface area contributed by atoms with Crippen LogP contribution in [0.2, 0.25) is 0 Å². The van der Waals surface area contributed by atoms with Crippen molar-refractivity contribution in [1.29, 1.82) is 0 Å². The molecule has 0 aliphatic rings. The summed E-state index contributed by atoms with van der Waals surface area (Å²) in [6.45, 7) is 9.04. The average Bonchev–Trinajstić information content (AvgIpc) is 2.59. The van der Waals surface area contributed by atoms with Crippen LogP contribution < -0.4 is 0 Å². The second-order valence-corrected chi connectivity index (χ2v) is 7.82. The third kappa shape index (κ3) is 17.8. The molecule has 0 N–H and O–H groups in total. The molecular weight excluding hydrogens is 328 g/mol. The molecule has 0 aromatic heterocycles. The van der Waals surface area contributed by atoms with Gasteiger partial charge in [-0.2, -0.15) is 0 Å². The molecule has 0 bridgehead atoms. The fourth-order valence-electron chi connectivity index (χ4n) is 2.83. The Labute approximate surface area is 161 Å². The van der Waals surface area contributed by atoms with E-state index in [0.29, 0.717) is 25.4 Å². The number of rotatable bonds is 17. The van der Waals surface area contributed by atoms with Crippen LogP contribution in [0.3, 0.4) is 0 Å². The van der Waals surface area contributed by atoms with Gasteiger partial charge >= 0.3 is 11.9 Å². The Kier molecular flexibility index (Phi) is 16.7. The zero-order valence-electron chi connectivity index (χ0n) is 17.7. The van der Waals surface area contributed by atoms with Crippen LogP contribution in [-0.4, -0.2) is 24.6 Å². The lowest BCUT2D eigenvalue weighted by molar-refractivity contribution is -0.148. The normalized spacial score (nSPS) is 12.2. The van der Waals surface area contributed by atoms with Crippen molar-refractivity contribution >= 4 is 11.9 Å². The van der Waals surface area contributed by atoms with E-state index in [-0.39, 0.29) is 18.0 Å². The van der Waals surface area contributed by atoms with Crippen LogP contribution in [0.15, 0.2) is 0 Å². The average molecular weight is 371 g/mol. The van der Waals surface area contributed by atoms with Gasteiger partial charge in [0.15, 0.2) is 0 Å². The number of ether oxygens (including phenoxy) is 2. The first-order valence-electron chi connectivity index (χ1n) is 10.8. The summed E-state index contributed by atoms with van der Waals surface area (Å²) in [6, 6.07) is 0. The predicted molar refractivity (Wildman–Crippen MR) is 107 cm³/mol. The number of carbonyl (C=O) groups excluding carboxylic acids is 2. The lowest BCUT2D eigenvalue weighted by Crippen LogP contribution is -2.14. The molecule has 0 heterocycles. The summed E-state index contributed by atoms with van der Waals surface area (Å²) < 4.78 is 10.6. The highest BCUT2D eigenvalue weighted by molar-refractivity contribution is 5.69. The third-order valence-corrected chi connectivity index (χ3v) is 4.50. The molecule has 0 aromatic rings. The maximum atomic E-state index is 11.7. The lowest BCUT2D eigenvalue weighted by atomic mass is 10.1. The largest absolute Gasteiger partial charge is 0.466 e. The second-order valence-electron chi connectivity index (χ2n) is 7.82. The first kappa shape index (κ1) is 24.9. The van der Waals surface area contributed by atoms with Gasteiger partial charge in [-0.1, -0.05) is 59.3 Å². The molecule has 4 nitrogen and oxygen atoms in total. The van der Waals surface area contributed by atoms with Crippen molar-refractivity contribution in [3.63, 3.8) is 0 Å². The van der Waals surface area contributed by atoms with Gasteiger partial charge in [0.05, 0.1) is 12.7 Å². The van der Waals surface area contributed by atoms with Crippen molar-refractivity contribution in [1.82, 2.24) is 0 Å². The van der Waals surface area contributed by atoms with E-state index in [1.54, 1.807) is 0 Å². The molecule has 0 saturated carbocycles. The van der Waals surface area contributed by atoms with Crippen molar-refractivity contribution < 1.29 is 19.1 Å². The van der Waals surface area contributed by atoms with Crippen molar-refractivity contribution in [2.75, 3.05) is 6.61 Å². The van der Waals surface area contributed by atoms with E-state index in [4.69, 9.17) is 9.47 Å². The maximum absolute atomic E-state index is 11.7. The zero-order chi connectivity index (χ0) is 19.6. The van der Waals surface area contributed by atoms with E-state index in [2.05, 4.69) is 20.8 Å². The van der Waals surface area contributed by atoms with Crippen molar-refractivity contribution in [3.05, 3.63) is 0 Å². The first-order valence-corrected chi connectivity index (χ1v) is 10.8. The van der Waals surface area contributed by atoms with Gasteiger partial charge in [0.1, 0.15) is 0 Å². The van der Waals surface area contributed by atoms with Crippen LogP contribution in [0.4, 0.5) is 0 Å². The van der Waals surface area contributed by atoms with E-state index >= 15 is 0 Å². The quantitative estimate of drug-likeness (QED) is 0.226. The third-order valence-electron chi connectivity index (χ3n) is 4.50. The van der Waals surface area contributed by atoms with E-state index in [1.165, 1.54) is 0 Å². The first-order chi connectivity index (χ1) is 12.5. The SMILES string of the molecule is CCCCC(C)OC(=O)CCCCCCCCC(=O)OCCCC(C)C. The fourth-order valence-corrected chi connectivity index (χ4v) is 2.83. The smallest absolute Gasteiger partial charge is 0.306 e. The number of unbranched alkanes of at least 4 members (excludes halogenated alkanes) is 6. The van der Waals surface area contributed by atoms with Gasteiger partial charge in [-0.05, 0) is 44.9 Å². The molecule has 0 saturated heterocycles. The van der Waals surface area contributed by atoms with Crippen LogP contribution in [0, 0.1) is 5.92 Å². The monoisotopic (exact) mass is 370 g/mol. The highest BCUT2D eigenvalue weighted by Crippen LogP contribution is 2.11. The van der Waals surface area contributed by atoms with E-state index in [1.807, 2.05) is 6.92 Å². The Morgan fingerprint density at radius 1 is 0.731 bits per heavy atom. The van der Waals surface area contributed by atoms with Crippen LogP contribution in [0.25, 0.3) is 0 Å². The second kappa shape index (κ2) is 17.4. The maximum Gasteiger partial charge on any atom is 0.306 e. The molecule has 0 amide bonds.